The highest BCUT2D eigenvalue weighted by atomic mass is 35.5. The van der Waals surface area contributed by atoms with Crippen LogP contribution in [0.5, 0.6) is 0 Å². The molecule has 1 saturated heterocycles. The van der Waals surface area contributed by atoms with Gasteiger partial charge in [-0.15, -0.1) is 0 Å². The van der Waals surface area contributed by atoms with E-state index >= 15 is 0 Å². The topological polar surface area (TPSA) is 23.5 Å². The number of hydrogen-bond acceptors (Lipinski definition) is 3. The number of hydrogen-bond donors (Lipinski definition) is 1. The number of rotatable bonds is 3. The fourth-order valence-corrected chi connectivity index (χ4v) is 3.76. The molecule has 4 heteroatoms. The van der Waals surface area contributed by atoms with Gasteiger partial charge in [-0.05, 0) is 53.1 Å². The summed E-state index contributed by atoms with van der Waals surface area (Å²) in [5.74, 6) is 0.423. The number of nitrogens with zero attached hydrogens (tertiary/aromatic N) is 1. The second kappa shape index (κ2) is 5.53. The molecule has 0 amide bonds. The second-order valence-electron chi connectivity index (χ2n) is 4.87. The first-order valence-electron chi connectivity index (χ1n) is 6.45. The van der Waals surface area contributed by atoms with Gasteiger partial charge in [-0.25, -0.2) is 0 Å². The van der Waals surface area contributed by atoms with Crippen molar-refractivity contribution < 1.29 is 5.11 Å². The summed E-state index contributed by atoms with van der Waals surface area (Å²) in [5.41, 5.74) is 2.49. The third-order valence-electron chi connectivity index (χ3n) is 3.86. The summed E-state index contributed by atoms with van der Waals surface area (Å²) in [4.78, 5) is 2.29. The van der Waals surface area contributed by atoms with Crippen molar-refractivity contribution in [2.45, 2.75) is 18.4 Å². The molecule has 1 aromatic heterocycles. The van der Waals surface area contributed by atoms with Crippen LogP contribution in [-0.2, 0) is 0 Å². The van der Waals surface area contributed by atoms with Crippen LogP contribution in [0.15, 0.2) is 41.1 Å². The summed E-state index contributed by atoms with van der Waals surface area (Å²) in [6, 6.07) is 10.2. The van der Waals surface area contributed by atoms with Crippen molar-refractivity contribution >= 4 is 28.6 Å². The number of benzene rings is 1. The second-order valence-corrected chi connectivity index (χ2v) is 6.09. The average Bonchev–Trinajstić information content (AvgIpc) is 3.08. The molecule has 100 valence electrons. The van der Waals surface area contributed by atoms with Gasteiger partial charge in [0.25, 0.3) is 0 Å². The number of aliphatic hydroxyl groups is 1. The van der Waals surface area contributed by atoms with E-state index in [4.69, 9.17) is 11.6 Å². The maximum Gasteiger partial charge on any atom is 0.0641 e. The minimum absolute atomic E-state index is 0.163. The van der Waals surface area contributed by atoms with E-state index in [1.54, 1.807) is 11.3 Å². The molecule has 2 atom stereocenters. The molecular weight excluding hydrogens is 278 g/mol. The largest absolute Gasteiger partial charge is 0.394 e. The lowest BCUT2D eigenvalue weighted by atomic mass is 9.94. The quantitative estimate of drug-likeness (QED) is 0.931. The molecule has 1 aliphatic heterocycles. The van der Waals surface area contributed by atoms with Crippen LogP contribution in [0, 0.1) is 0 Å². The summed E-state index contributed by atoms with van der Waals surface area (Å²) in [7, 11) is 0. The lowest BCUT2D eigenvalue weighted by Crippen LogP contribution is -2.35. The minimum atomic E-state index is 0.163. The Balaban J connectivity index is 1.86. The van der Waals surface area contributed by atoms with Crippen LogP contribution >= 0.6 is 22.9 Å². The molecule has 0 bridgehead atoms. The van der Waals surface area contributed by atoms with Gasteiger partial charge in [-0.1, -0.05) is 11.6 Å². The maximum absolute atomic E-state index is 9.76. The van der Waals surface area contributed by atoms with E-state index in [0.29, 0.717) is 5.92 Å². The summed E-state index contributed by atoms with van der Waals surface area (Å²) in [5, 5.41) is 14.8. The van der Waals surface area contributed by atoms with Gasteiger partial charge in [0.1, 0.15) is 0 Å². The van der Waals surface area contributed by atoms with Crippen LogP contribution in [0.3, 0.4) is 0 Å². The fourth-order valence-electron chi connectivity index (χ4n) is 2.91. The lowest BCUT2D eigenvalue weighted by Gasteiger charge is -2.28. The van der Waals surface area contributed by atoms with E-state index in [1.165, 1.54) is 5.56 Å². The molecule has 0 saturated carbocycles. The summed E-state index contributed by atoms with van der Waals surface area (Å²) < 4.78 is 0. The Morgan fingerprint density at radius 3 is 2.68 bits per heavy atom. The van der Waals surface area contributed by atoms with Gasteiger partial charge in [-0.3, -0.25) is 0 Å². The molecule has 19 heavy (non-hydrogen) atoms. The Labute approximate surface area is 122 Å². The summed E-state index contributed by atoms with van der Waals surface area (Å²) >= 11 is 7.65. The Morgan fingerprint density at radius 1 is 1.26 bits per heavy atom. The van der Waals surface area contributed by atoms with E-state index in [9.17, 15) is 5.11 Å². The van der Waals surface area contributed by atoms with Crippen molar-refractivity contribution in [1.82, 2.24) is 0 Å². The molecule has 1 aromatic carbocycles. The van der Waals surface area contributed by atoms with Crippen molar-refractivity contribution in [3.63, 3.8) is 0 Å². The number of halogens is 1. The van der Waals surface area contributed by atoms with Crippen molar-refractivity contribution in [2.75, 3.05) is 18.1 Å². The average molecular weight is 294 g/mol. The summed E-state index contributed by atoms with van der Waals surface area (Å²) in [6.45, 7) is 1.16. The minimum Gasteiger partial charge on any atom is -0.394 e. The van der Waals surface area contributed by atoms with E-state index in [1.807, 2.05) is 24.3 Å². The standard InChI is InChI=1S/C15H16ClNOS/c16-12-1-3-13(4-2-12)17-7-5-14(15(17)9-18)11-6-8-19-10-11/h1-4,6,8,10,14-15,18H,5,7,9H2/t14-,15-/m0/s1. The lowest BCUT2D eigenvalue weighted by molar-refractivity contribution is 0.257. The number of anilines is 1. The molecule has 0 aliphatic carbocycles. The highest BCUT2D eigenvalue weighted by Crippen LogP contribution is 2.37. The predicted molar refractivity (Wildman–Crippen MR) is 81.3 cm³/mol. The van der Waals surface area contributed by atoms with Gasteiger partial charge in [0.05, 0.1) is 12.6 Å². The molecule has 2 nitrogen and oxygen atoms in total. The van der Waals surface area contributed by atoms with Crippen LogP contribution in [0.1, 0.15) is 17.9 Å². The molecule has 0 unspecified atom stereocenters. The van der Waals surface area contributed by atoms with Crippen molar-refractivity contribution in [1.29, 1.82) is 0 Å². The molecule has 2 aromatic rings. The van der Waals surface area contributed by atoms with Crippen LogP contribution in [0.2, 0.25) is 5.02 Å². The van der Waals surface area contributed by atoms with Crippen LogP contribution in [0.4, 0.5) is 5.69 Å². The van der Waals surface area contributed by atoms with E-state index in [0.717, 1.165) is 23.7 Å². The van der Waals surface area contributed by atoms with Gasteiger partial charge in [0, 0.05) is 23.2 Å². The monoisotopic (exact) mass is 293 g/mol. The first-order chi connectivity index (χ1) is 9.29. The number of thiophene rings is 1. The Kier molecular flexibility index (Phi) is 3.78. The van der Waals surface area contributed by atoms with Crippen LogP contribution < -0.4 is 4.90 Å². The van der Waals surface area contributed by atoms with Crippen molar-refractivity contribution in [3.05, 3.63) is 51.7 Å². The van der Waals surface area contributed by atoms with Crippen LogP contribution in [-0.4, -0.2) is 24.3 Å². The molecule has 0 spiro atoms. The first kappa shape index (κ1) is 13.0. The smallest absolute Gasteiger partial charge is 0.0641 e. The van der Waals surface area contributed by atoms with Crippen molar-refractivity contribution in [2.24, 2.45) is 0 Å². The normalized spacial score (nSPS) is 22.9. The van der Waals surface area contributed by atoms with Crippen molar-refractivity contribution in [3.8, 4) is 0 Å². The molecule has 0 radical (unpaired) electrons. The van der Waals surface area contributed by atoms with Gasteiger partial charge in [0.15, 0.2) is 0 Å². The van der Waals surface area contributed by atoms with E-state index in [2.05, 4.69) is 21.7 Å². The van der Waals surface area contributed by atoms with Gasteiger partial charge in [0.2, 0.25) is 0 Å². The van der Waals surface area contributed by atoms with Gasteiger partial charge in [-0.2, -0.15) is 11.3 Å². The molecular formula is C15H16ClNOS. The zero-order chi connectivity index (χ0) is 13.2. The van der Waals surface area contributed by atoms with Gasteiger partial charge >= 0.3 is 0 Å². The first-order valence-corrected chi connectivity index (χ1v) is 7.77. The molecule has 3 rings (SSSR count). The molecule has 1 fully saturated rings. The Morgan fingerprint density at radius 2 is 2.05 bits per heavy atom. The molecule has 1 aliphatic rings. The fraction of sp³-hybridized carbons (Fsp3) is 0.333. The predicted octanol–water partition coefficient (Wildman–Crippen LogP) is 3.76. The zero-order valence-corrected chi connectivity index (χ0v) is 12.1. The Bertz CT molecular complexity index is 526. The van der Waals surface area contributed by atoms with Crippen LogP contribution in [0.25, 0.3) is 0 Å². The number of aliphatic hydroxyl groups excluding tert-OH is 1. The highest BCUT2D eigenvalue weighted by molar-refractivity contribution is 7.08. The van der Waals surface area contributed by atoms with Gasteiger partial charge < -0.3 is 10.0 Å². The summed E-state index contributed by atoms with van der Waals surface area (Å²) in [6.07, 6.45) is 1.09. The van der Waals surface area contributed by atoms with E-state index < -0.39 is 0 Å². The van der Waals surface area contributed by atoms with E-state index in [-0.39, 0.29) is 12.6 Å². The molecule has 2 heterocycles. The third kappa shape index (κ3) is 2.50. The maximum atomic E-state index is 9.76. The Hall–Kier alpha value is -1.03. The zero-order valence-electron chi connectivity index (χ0n) is 10.5. The SMILES string of the molecule is OC[C@H]1[C@H](c2ccsc2)CCN1c1ccc(Cl)cc1. The third-order valence-corrected chi connectivity index (χ3v) is 4.82. The highest BCUT2D eigenvalue weighted by Gasteiger charge is 2.34. The molecule has 1 N–H and O–H groups in total.